The van der Waals surface area contributed by atoms with E-state index in [1.807, 2.05) is 11.0 Å². The highest BCUT2D eigenvalue weighted by Crippen LogP contribution is 2.32. The summed E-state index contributed by atoms with van der Waals surface area (Å²) in [6.45, 7) is 1.09. The molecule has 1 fully saturated rings. The second-order valence-corrected chi connectivity index (χ2v) is 8.15. The van der Waals surface area contributed by atoms with Gasteiger partial charge < -0.3 is 5.32 Å². The molecule has 0 aliphatic carbocycles. The van der Waals surface area contributed by atoms with E-state index < -0.39 is 0 Å². The number of halogens is 2. The molecule has 2 rings (SSSR count). The average molecular weight is 410 g/mol. The van der Waals surface area contributed by atoms with E-state index >= 15 is 0 Å². The van der Waals surface area contributed by atoms with Gasteiger partial charge in [-0.15, -0.1) is 11.3 Å². The maximum absolute atomic E-state index is 12.3. The van der Waals surface area contributed by atoms with Crippen molar-refractivity contribution >= 4 is 54.9 Å². The van der Waals surface area contributed by atoms with Crippen molar-refractivity contribution in [3.63, 3.8) is 0 Å². The Hall–Kier alpha value is -0.240. The second-order valence-electron chi connectivity index (χ2n) is 4.40. The Balaban J connectivity index is 2.06. The van der Waals surface area contributed by atoms with Crippen LogP contribution in [0.3, 0.4) is 0 Å². The lowest BCUT2D eigenvalue weighted by Crippen LogP contribution is -2.43. The molecule has 19 heavy (non-hydrogen) atoms. The standard InChI is InChI=1S/C12H14Br2N2O2S/c1-15-12(18)8-3-2-4-16(8)6-9(17)7-5-10(13)19-11(7)14/h5,8H,2-4,6H2,1H3,(H,15,18). The largest absolute Gasteiger partial charge is 0.358 e. The Labute approximate surface area is 132 Å². The van der Waals surface area contributed by atoms with Gasteiger partial charge in [0.2, 0.25) is 5.91 Å². The van der Waals surface area contributed by atoms with Gasteiger partial charge in [0.05, 0.1) is 20.2 Å². The Morgan fingerprint density at radius 3 is 2.84 bits per heavy atom. The van der Waals surface area contributed by atoms with Crippen LogP contribution in [-0.2, 0) is 4.79 Å². The van der Waals surface area contributed by atoms with Crippen LogP contribution in [0.5, 0.6) is 0 Å². The summed E-state index contributed by atoms with van der Waals surface area (Å²) in [7, 11) is 1.63. The number of hydrogen-bond donors (Lipinski definition) is 1. The quantitative estimate of drug-likeness (QED) is 0.777. The minimum absolute atomic E-state index is 0.00383. The Kier molecular flexibility index (Phi) is 5.16. The molecule has 1 aromatic heterocycles. The Morgan fingerprint density at radius 1 is 1.53 bits per heavy atom. The Morgan fingerprint density at radius 2 is 2.26 bits per heavy atom. The van der Waals surface area contributed by atoms with Crippen molar-refractivity contribution < 1.29 is 9.59 Å². The zero-order valence-corrected chi connectivity index (χ0v) is 14.4. The van der Waals surface area contributed by atoms with Crippen LogP contribution in [0.25, 0.3) is 0 Å². The summed E-state index contributed by atoms with van der Waals surface area (Å²) in [5.41, 5.74) is 0.680. The van der Waals surface area contributed by atoms with Crippen molar-refractivity contribution in [1.29, 1.82) is 0 Å². The van der Waals surface area contributed by atoms with E-state index in [2.05, 4.69) is 37.2 Å². The van der Waals surface area contributed by atoms with Crippen LogP contribution in [0.1, 0.15) is 23.2 Å². The van der Waals surface area contributed by atoms with Gasteiger partial charge in [-0.05, 0) is 57.3 Å². The van der Waals surface area contributed by atoms with Crippen LogP contribution in [0.4, 0.5) is 0 Å². The molecular weight excluding hydrogens is 396 g/mol. The molecule has 1 aromatic rings. The Bertz CT molecular complexity index is 504. The zero-order chi connectivity index (χ0) is 14.0. The number of carbonyl (C=O) groups is 2. The van der Waals surface area contributed by atoms with Gasteiger partial charge in [0.1, 0.15) is 0 Å². The molecule has 1 N–H and O–H groups in total. The van der Waals surface area contributed by atoms with Crippen LogP contribution >= 0.6 is 43.2 Å². The maximum atomic E-state index is 12.3. The zero-order valence-electron chi connectivity index (χ0n) is 10.4. The number of hydrogen-bond acceptors (Lipinski definition) is 4. The lowest BCUT2D eigenvalue weighted by Gasteiger charge is -2.21. The summed E-state index contributed by atoms with van der Waals surface area (Å²) in [4.78, 5) is 26.0. The number of Topliss-reactive ketones (excluding diaryl/α,β-unsaturated/α-hetero) is 1. The summed E-state index contributed by atoms with van der Waals surface area (Å²) in [5, 5.41) is 2.66. The third-order valence-corrected chi connectivity index (χ3v) is 5.56. The number of likely N-dealkylation sites (tertiary alicyclic amines) is 1. The van der Waals surface area contributed by atoms with Crippen molar-refractivity contribution in [2.75, 3.05) is 20.1 Å². The van der Waals surface area contributed by atoms with E-state index in [-0.39, 0.29) is 17.7 Å². The monoisotopic (exact) mass is 408 g/mol. The summed E-state index contributed by atoms with van der Waals surface area (Å²) >= 11 is 8.25. The molecular formula is C12H14Br2N2O2S. The fraction of sp³-hybridized carbons (Fsp3) is 0.500. The average Bonchev–Trinajstić information content (AvgIpc) is 2.95. The van der Waals surface area contributed by atoms with E-state index in [0.717, 1.165) is 27.0 Å². The predicted octanol–water partition coefficient (Wildman–Crippen LogP) is 2.67. The third kappa shape index (κ3) is 3.45. The molecule has 0 radical (unpaired) electrons. The third-order valence-electron chi connectivity index (χ3n) is 3.22. The summed E-state index contributed by atoms with van der Waals surface area (Å²) in [6.07, 6.45) is 1.78. The van der Waals surface area contributed by atoms with Crippen LogP contribution < -0.4 is 5.32 Å². The lowest BCUT2D eigenvalue weighted by molar-refractivity contribution is -0.124. The van der Waals surface area contributed by atoms with Gasteiger partial charge in [0.25, 0.3) is 0 Å². The molecule has 2 heterocycles. The molecule has 1 aliphatic heterocycles. The molecule has 0 bridgehead atoms. The van der Waals surface area contributed by atoms with E-state index in [0.29, 0.717) is 12.1 Å². The van der Waals surface area contributed by atoms with Gasteiger partial charge in [-0.25, -0.2) is 0 Å². The molecule has 7 heteroatoms. The smallest absolute Gasteiger partial charge is 0.237 e. The van der Waals surface area contributed by atoms with E-state index in [1.54, 1.807) is 7.05 Å². The fourth-order valence-electron chi connectivity index (χ4n) is 2.28. The molecule has 1 saturated heterocycles. The molecule has 1 unspecified atom stereocenters. The topological polar surface area (TPSA) is 49.4 Å². The van der Waals surface area contributed by atoms with Crippen LogP contribution in [0.15, 0.2) is 13.6 Å². The molecule has 4 nitrogen and oxygen atoms in total. The summed E-state index contributed by atoms with van der Waals surface area (Å²) < 4.78 is 1.76. The maximum Gasteiger partial charge on any atom is 0.237 e. The van der Waals surface area contributed by atoms with E-state index in [1.165, 1.54) is 11.3 Å². The van der Waals surface area contributed by atoms with Crippen LogP contribution in [0, 0.1) is 0 Å². The number of thiophene rings is 1. The minimum atomic E-state index is -0.171. The van der Waals surface area contributed by atoms with E-state index in [4.69, 9.17) is 0 Å². The van der Waals surface area contributed by atoms with Crippen molar-refractivity contribution in [3.8, 4) is 0 Å². The number of rotatable bonds is 4. The predicted molar refractivity (Wildman–Crippen MR) is 82.7 cm³/mol. The lowest BCUT2D eigenvalue weighted by atomic mass is 10.2. The summed E-state index contributed by atoms with van der Waals surface area (Å²) in [6, 6.07) is 1.65. The van der Waals surface area contributed by atoms with Crippen molar-refractivity contribution in [3.05, 3.63) is 19.2 Å². The number of amides is 1. The van der Waals surface area contributed by atoms with Crippen molar-refractivity contribution in [1.82, 2.24) is 10.2 Å². The van der Waals surface area contributed by atoms with Gasteiger partial charge >= 0.3 is 0 Å². The first-order valence-electron chi connectivity index (χ1n) is 5.96. The number of carbonyl (C=O) groups excluding carboxylic acids is 2. The van der Waals surface area contributed by atoms with Gasteiger partial charge in [-0.1, -0.05) is 0 Å². The SMILES string of the molecule is CNC(=O)C1CCCN1CC(=O)c1cc(Br)sc1Br. The molecule has 104 valence electrons. The second kappa shape index (κ2) is 6.47. The fourth-order valence-corrected chi connectivity index (χ4v) is 5.13. The van der Waals surface area contributed by atoms with Crippen molar-refractivity contribution in [2.45, 2.75) is 18.9 Å². The first kappa shape index (κ1) is 15.2. The number of likely N-dealkylation sites (N-methyl/N-ethyl adjacent to an activating group) is 1. The van der Waals surface area contributed by atoms with Crippen LogP contribution in [0.2, 0.25) is 0 Å². The molecule has 0 saturated carbocycles. The molecule has 0 spiro atoms. The van der Waals surface area contributed by atoms with Crippen LogP contribution in [-0.4, -0.2) is 42.8 Å². The number of nitrogens with one attached hydrogen (secondary N) is 1. The van der Waals surface area contributed by atoms with Gasteiger partial charge in [0.15, 0.2) is 5.78 Å². The highest BCUT2D eigenvalue weighted by atomic mass is 79.9. The summed E-state index contributed by atoms with van der Waals surface area (Å²) in [5.74, 6) is 0.0421. The van der Waals surface area contributed by atoms with Gasteiger partial charge in [0, 0.05) is 12.6 Å². The van der Waals surface area contributed by atoms with E-state index in [9.17, 15) is 9.59 Å². The molecule has 1 amide bonds. The molecule has 1 aliphatic rings. The highest BCUT2D eigenvalue weighted by Gasteiger charge is 2.31. The van der Waals surface area contributed by atoms with Crippen molar-refractivity contribution in [2.24, 2.45) is 0 Å². The van der Waals surface area contributed by atoms with Gasteiger partial charge in [-0.2, -0.15) is 0 Å². The first-order chi connectivity index (χ1) is 9.02. The normalized spacial score (nSPS) is 19.6. The number of ketones is 1. The first-order valence-corrected chi connectivity index (χ1v) is 8.37. The number of nitrogens with zero attached hydrogens (tertiary/aromatic N) is 1. The molecule has 1 atom stereocenters. The highest BCUT2D eigenvalue weighted by molar-refractivity contribution is 9.12. The van der Waals surface area contributed by atoms with Gasteiger partial charge in [-0.3, -0.25) is 14.5 Å². The minimum Gasteiger partial charge on any atom is -0.358 e. The molecule has 0 aromatic carbocycles.